The van der Waals surface area contributed by atoms with Crippen molar-refractivity contribution < 1.29 is 8.83 Å². The molecule has 2 heterocycles. The van der Waals surface area contributed by atoms with E-state index in [2.05, 4.69) is 15.9 Å². The number of hydrogen-bond acceptors (Lipinski definition) is 3. The predicted molar refractivity (Wildman–Crippen MR) is 73.5 cm³/mol. The molecule has 0 spiro atoms. The van der Waals surface area contributed by atoms with Crippen LogP contribution >= 0.6 is 15.9 Å². The summed E-state index contributed by atoms with van der Waals surface area (Å²) >= 11 is 3.59. The van der Waals surface area contributed by atoms with E-state index in [4.69, 9.17) is 14.6 Å². The van der Waals surface area contributed by atoms with Crippen LogP contribution in [-0.4, -0.2) is 5.54 Å². The summed E-state index contributed by atoms with van der Waals surface area (Å²) in [5.74, 6) is 0. The molecule has 3 aromatic rings. The van der Waals surface area contributed by atoms with E-state index in [0.29, 0.717) is 0 Å². The summed E-state index contributed by atoms with van der Waals surface area (Å²) in [6.45, 7) is 0. The van der Waals surface area contributed by atoms with Crippen LogP contribution in [0.1, 0.15) is 18.4 Å². The maximum Gasteiger partial charge on any atom is 0.149 e. The van der Waals surface area contributed by atoms with Crippen molar-refractivity contribution in [2.45, 2.75) is 24.8 Å². The number of nitrogens with two attached hydrogens (primary N) is 1. The third kappa shape index (κ3) is 1.39. The number of furan rings is 2. The highest BCUT2D eigenvalue weighted by Crippen LogP contribution is 2.43. The van der Waals surface area contributed by atoms with E-state index in [1.807, 2.05) is 12.1 Å². The molecule has 18 heavy (non-hydrogen) atoms. The smallest absolute Gasteiger partial charge is 0.149 e. The van der Waals surface area contributed by atoms with E-state index < -0.39 is 0 Å². The Hall–Kier alpha value is -1.26. The van der Waals surface area contributed by atoms with Crippen LogP contribution in [0.4, 0.5) is 0 Å². The second-order valence-corrected chi connectivity index (χ2v) is 5.95. The van der Waals surface area contributed by atoms with E-state index >= 15 is 0 Å². The highest BCUT2D eigenvalue weighted by Gasteiger charge is 2.39. The van der Waals surface area contributed by atoms with Crippen molar-refractivity contribution in [3.05, 3.63) is 34.7 Å². The molecular formula is C14H12BrNO2. The van der Waals surface area contributed by atoms with Gasteiger partial charge >= 0.3 is 0 Å². The van der Waals surface area contributed by atoms with Crippen LogP contribution < -0.4 is 5.73 Å². The lowest BCUT2D eigenvalue weighted by Crippen LogP contribution is -2.24. The zero-order valence-corrected chi connectivity index (χ0v) is 11.3. The standard InChI is InChI=1S/C14H12BrNO2/c15-11-9-2-6-17-12(9)10(7-14(16)3-4-14)8-1-5-18-13(8)11/h1-2,5-6H,3-4,7,16H2. The Bertz CT molecular complexity index is 700. The topological polar surface area (TPSA) is 52.3 Å². The summed E-state index contributed by atoms with van der Waals surface area (Å²) in [4.78, 5) is 0. The normalized spacial score (nSPS) is 17.7. The largest absolute Gasteiger partial charge is 0.464 e. The molecule has 0 aliphatic heterocycles. The summed E-state index contributed by atoms with van der Waals surface area (Å²) in [5, 5.41) is 2.15. The number of benzene rings is 1. The molecule has 2 aromatic heterocycles. The Kier molecular flexibility index (Phi) is 2.01. The average Bonchev–Trinajstić information content (AvgIpc) is 2.87. The fourth-order valence-electron chi connectivity index (χ4n) is 2.54. The molecule has 0 unspecified atom stereocenters. The number of rotatable bonds is 2. The van der Waals surface area contributed by atoms with Crippen molar-refractivity contribution in [1.29, 1.82) is 0 Å². The first-order valence-electron chi connectivity index (χ1n) is 6.02. The number of fused-ring (bicyclic) bond motifs is 2. The van der Waals surface area contributed by atoms with Gasteiger partial charge in [-0.25, -0.2) is 0 Å². The Labute approximate surface area is 112 Å². The van der Waals surface area contributed by atoms with Gasteiger partial charge in [0.25, 0.3) is 0 Å². The summed E-state index contributed by atoms with van der Waals surface area (Å²) in [6.07, 6.45) is 6.46. The molecule has 92 valence electrons. The maximum absolute atomic E-state index is 6.25. The van der Waals surface area contributed by atoms with Crippen LogP contribution in [0.3, 0.4) is 0 Å². The van der Waals surface area contributed by atoms with Gasteiger partial charge in [-0.2, -0.15) is 0 Å². The molecule has 0 radical (unpaired) electrons. The van der Waals surface area contributed by atoms with Crippen LogP contribution in [0.15, 0.2) is 38.0 Å². The summed E-state index contributed by atoms with van der Waals surface area (Å²) < 4.78 is 12.2. The molecule has 1 saturated carbocycles. The molecule has 1 aliphatic rings. The fraction of sp³-hybridized carbons (Fsp3) is 0.286. The van der Waals surface area contributed by atoms with Crippen LogP contribution in [0, 0.1) is 0 Å². The molecule has 4 heteroatoms. The lowest BCUT2D eigenvalue weighted by atomic mass is 9.99. The Morgan fingerprint density at radius 3 is 2.50 bits per heavy atom. The molecule has 1 aromatic carbocycles. The molecule has 0 atom stereocenters. The molecular weight excluding hydrogens is 294 g/mol. The van der Waals surface area contributed by atoms with Crippen LogP contribution in [0.2, 0.25) is 0 Å². The van der Waals surface area contributed by atoms with Gasteiger partial charge in [-0.15, -0.1) is 0 Å². The monoisotopic (exact) mass is 305 g/mol. The Morgan fingerprint density at radius 2 is 1.78 bits per heavy atom. The quantitative estimate of drug-likeness (QED) is 0.779. The molecule has 1 aliphatic carbocycles. The van der Waals surface area contributed by atoms with E-state index in [0.717, 1.165) is 45.7 Å². The zero-order valence-electron chi connectivity index (χ0n) is 9.70. The van der Waals surface area contributed by atoms with Crippen molar-refractivity contribution in [3.8, 4) is 0 Å². The number of hydrogen-bond donors (Lipinski definition) is 1. The van der Waals surface area contributed by atoms with Crippen LogP contribution in [0.25, 0.3) is 21.9 Å². The average molecular weight is 306 g/mol. The molecule has 4 rings (SSSR count). The molecule has 2 N–H and O–H groups in total. The lowest BCUT2D eigenvalue weighted by Gasteiger charge is -2.11. The van der Waals surface area contributed by atoms with Gasteiger partial charge in [-0.1, -0.05) is 0 Å². The minimum absolute atomic E-state index is 0.0439. The van der Waals surface area contributed by atoms with E-state index in [-0.39, 0.29) is 5.54 Å². The van der Waals surface area contributed by atoms with Crippen molar-refractivity contribution in [2.24, 2.45) is 5.73 Å². The van der Waals surface area contributed by atoms with Gasteiger partial charge in [-0.3, -0.25) is 0 Å². The molecule has 0 amide bonds. The highest BCUT2D eigenvalue weighted by atomic mass is 79.9. The van der Waals surface area contributed by atoms with Gasteiger partial charge in [0.15, 0.2) is 0 Å². The van der Waals surface area contributed by atoms with E-state index in [1.54, 1.807) is 12.5 Å². The summed E-state index contributed by atoms with van der Waals surface area (Å²) in [5.41, 5.74) is 9.18. The second kappa shape index (κ2) is 3.39. The minimum atomic E-state index is -0.0439. The number of halogens is 1. The first-order chi connectivity index (χ1) is 8.68. The van der Waals surface area contributed by atoms with Gasteiger partial charge in [0, 0.05) is 21.9 Å². The Morgan fingerprint density at radius 1 is 1.11 bits per heavy atom. The Balaban J connectivity index is 2.08. The zero-order chi connectivity index (χ0) is 12.3. The van der Waals surface area contributed by atoms with Crippen molar-refractivity contribution in [3.63, 3.8) is 0 Å². The highest BCUT2D eigenvalue weighted by molar-refractivity contribution is 9.10. The molecule has 3 nitrogen and oxygen atoms in total. The van der Waals surface area contributed by atoms with Gasteiger partial charge in [-0.05, 0) is 47.3 Å². The maximum atomic E-state index is 6.25. The summed E-state index contributed by atoms with van der Waals surface area (Å²) in [7, 11) is 0. The van der Waals surface area contributed by atoms with E-state index in [1.165, 1.54) is 5.56 Å². The van der Waals surface area contributed by atoms with Gasteiger partial charge in [0.05, 0.1) is 17.0 Å². The molecule has 1 fully saturated rings. The summed E-state index contributed by atoms with van der Waals surface area (Å²) in [6, 6.07) is 3.95. The molecule has 0 bridgehead atoms. The van der Waals surface area contributed by atoms with Gasteiger partial charge in [0.2, 0.25) is 0 Å². The first kappa shape index (κ1) is 10.6. The minimum Gasteiger partial charge on any atom is -0.464 e. The SMILES string of the molecule is NC1(Cc2c3ccoc3c(Br)c3ccoc23)CC1. The second-order valence-electron chi connectivity index (χ2n) is 5.16. The lowest BCUT2D eigenvalue weighted by molar-refractivity contribution is 0.599. The molecule has 0 saturated heterocycles. The van der Waals surface area contributed by atoms with Crippen molar-refractivity contribution >= 4 is 37.9 Å². The van der Waals surface area contributed by atoms with Gasteiger partial charge < -0.3 is 14.6 Å². The van der Waals surface area contributed by atoms with E-state index in [9.17, 15) is 0 Å². The predicted octanol–water partition coefficient (Wildman–Crippen LogP) is 3.98. The third-order valence-electron chi connectivity index (χ3n) is 3.79. The van der Waals surface area contributed by atoms with Crippen LogP contribution in [0.5, 0.6) is 0 Å². The third-order valence-corrected chi connectivity index (χ3v) is 4.57. The fourth-order valence-corrected chi connectivity index (χ4v) is 3.16. The van der Waals surface area contributed by atoms with Crippen molar-refractivity contribution in [1.82, 2.24) is 0 Å². The van der Waals surface area contributed by atoms with Gasteiger partial charge in [0.1, 0.15) is 11.2 Å². The first-order valence-corrected chi connectivity index (χ1v) is 6.81. The van der Waals surface area contributed by atoms with Crippen LogP contribution in [-0.2, 0) is 6.42 Å². The van der Waals surface area contributed by atoms with Crippen molar-refractivity contribution in [2.75, 3.05) is 0 Å².